The van der Waals surface area contributed by atoms with E-state index in [1.165, 1.54) is 18.2 Å². The number of fused-ring (bicyclic) bond motifs is 2. The Bertz CT molecular complexity index is 1170. The van der Waals surface area contributed by atoms with Crippen LogP contribution in [0.5, 0.6) is 5.75 Å². The van der Waals surface area contributed by atoms with Crippen molar-refractivity contribution in [3.63, 3.8) is 0 Å². The van der Waals surface area contributed by atoms with E-state index in [0.29, 0.717) is 11.7 Å². The second-order valence-electron chi connectivity index (χ2n) is 9.39. The quantitative estimate of drug-likeness (QED) is 0.598. The molecular weight excluding hydrogens is 410 g/mol. The number of aromatic nitrogens is 2. The fraction of sp³-hybridized carbons (Fsp3) is 0.407. The van der Waals surface area contributed by atoms with E-state index >= 15 is 0 Å². The van der Waals surface area contributed by atoms with Gasteiger partial charge in [-0.2, -0.15) is 0 Å². The van der Waals surface area contributed by atoms with Crippen LogP contribution in [0.3, 0.4) is 0 Å². The van der Waals surface area contributed by atoms with Crippen LogP contribution in [0.4, 0.5) is 11.6 Å². The van der Waals surface area contributed by atoms with Gasteiger partial charge >= 0.3 is 0 Å². The summed E-state index contributed by atoms with van der Waals surface area (Å²) in [7, 11) is 0. The third-order valence-corrected chi connectivity index (χ3v) is 6.60. The van der Waals surface area contributed by atoms with Crippen LogP contribution in [0.2, 0.25) is 0 Å². The molecule has 0 amide bonds. The minimum atomic E-state index is 0.158. The number of ether oxygens (including phenoxy) is 1. The van der Waals surface area contributed by atoms with Crippen molar-refractivity contribution in [3.8, 4) is 5.75 Å². The largest absolute Gasteiger partial charge is 0.491 e. The standard InChI is InChI=1S/C27H33N5O/c1-18(2)33-23-8-7-20-14-22(6-5-21(20)15-23)24-4-3-13-32(16-19-9-11-29-12-10-19)27-25(24)26(28)30-17-31-27/h4-8,14-15,17-19,29H,3,9-13,16H2,1-2H3,(H2,28,30,31). The highest BCUT2D eigenvalue weighted by atomic mass is 16.5. The summed E-state index contributed by atoms with van der Waals surface area (Å²) < 4.78 is 5.87. The van der Waals surface area contributed by atoms with Gasteiger partial charge < -0.3 is 20.7 Å². The Morgan fingerprint density at radius 2 is 1.88 bits per heavy atom. The van der Waals surface area contributed by atoms with Gasteiger partial charge in [-0.25, -0.2) is 9.97 Å². The third kappa shape index (κ3) is 4.67. The molecule has 0 radical (unpaired) electrons. The molecule has 3 aromatic rings. The number of rotatable bonds is 5. The molecule has 0 atom stereocenters. The number of anilines is 2. The lowest BCUT2D eigenvalue weighted by Crippen LogP contribution is -2.37. The second kappa shape index (κ2) is 9.40. The lowest BCUT2D eigenvalue weighted by atomic mass is 9.95. The summed E-state index contributed by atoms with van der Waals surface area (Å²) >= 11 is 0. The molecule has 33 heavy (non-hydrogen) atoms. The number of hydrogen-bond donors (Lipinski definition) is 2. The maximum atomic E-state index is 6.47. The molecule has 172 valence electrons. The summed E-state index contributed by atoms with van der Waals surface area (Å²) in [4.78, 5) is 11.5. The van der Waals surface area contributed by atoms with Crippen LogP contribution in [-0.4, -0.2) is 42.3 Å². The smallest absolute Gasteiger partial charge is 0.142 e. The molecule has 2 aliphatic rings. The molecule has 0 bridgehead atoms. The molecule has 0 unspecified atom stereocenters. The molecule has 1 fully saturated rings. The van der Waals surface area contributed by atoms with Crippen LogP contribution in [0.25, 0.3) is 16.3 Å². The zero-order valence-corrected chi connectivity index (χ0v) is 19.6. The van der Waals surface area contributed by atoms with Crippen molar-refractivity contribution in [1.82, 2.24) is 15.3 Å². The van der Waals surface area contributed by atoms with E-state index in [-0.39, 0.29) is 6.10 Å². The molecule has 6 heteroatoms. The van der Waals surface area contributed by atoms with E-state index in [0.717, 1.165) is 66.3 Å². The Balaban J connectivity index is 1.50. The SMILES string of the molecule is CC(C)Oc1ccc2cc(C3=CCCN(CC4CCNCC4)c4ncnc(N)c43)ccc2c1. The van der Waals surface area contributed by atoms with E-state index in [4.69, 9.17) is 15.5 Å². The summed E-state index contributed by atoms with van der Waals surface area (Å²) in [5, 5.41) is 5.81. The molecule has 3 heterocycles. The number of benzene rings is 2. The molecule has 2 aliphatic heterocycles. The van der Waals surface area contributed by atoms with Crippen LogP contribution < -0.4 is 20.7 Å². The molecule has 3 N–H and O–H groups in total. The summed E-state index contributed by atoms with van der Waals surface area (Å²) in [5.41, 5.74) is 9.70. The van der Waals surface area contributed by atoms with E-state index in [9.17, 15) is 0 Å². The van der Waals surface area contributed by atoms with Gasteiger partial charge in [-0.05, 0) is 92.2 Å². The third-order valence-electron chi connectivity index (χ3n) is 6.60. The van der Waals surface area contributed by atoms with Crippen LogP contribution in [0, 0.1) is 5.92 Å². The van der Waals surface area contributed by atoms with Crippen LogP contribution in [0.1, 0.15) is 44.2 Å². The van der Waals surface area contributed by atoms with Crippen molar-refractivity contribution in [2.45, 2.75) is 39.2 Å². The molecule has 1 saturated heterocycles. The highest BCUT2D eigenvalue weighted by molar-refractivity contribution is 5.94. The molecule has 2 aromatic carbocycles. The molecule has 0 saturated carbocycles. The van der Waals surface area contributed by atoms with Crippen LogP contribution in [0.15, 0.2) is 48.8 Å². The number of nitrogens with one attached hydrogen (secondary N) is 1. The zero-order chi connectivity index (χ0) is 22.8. The molecule has 0 spiro atoms. The average molecular weight is 444 g/mol. The summed E-state index contributed by atoms with van der Waals surface area (Å²) in [6.07, 6.45) is 7.43. The first-order valence-corrected chi connectivity index (χ1v) is 12.1. The molecular formula is C27H33N5O. The van der Waals surface area contributed by atoms with Gasteiger partial charge in [0.15, 0.2) is 0 Å². The minimum Gasteiger partial charge on any atom is -0.491 e. The average Bonchev–Trinajstić information content (AvgIpc) is 3.00. The van der Waals surface area contributed by atoms with Crippen molar-refractivity contribution in [2.75, 3.05) is 36.8 Å². The molecule has 6 nitrogen and oxygen atoms in total. The number of nitrogens with zero attached hydrogens (tertiary/aromatic N) is 3. The van der Waals surface area contributed by atoms with Gasteiger partial charge in [-0.1, -0.05) is 24.3 Å². The van der Waals surface area contributed by atoms with Gasteiger partial charge in [0.05, 0.1) is 11.7 Å². The van der Waals surface area contributed by atoms with Crippen molar-refractivity contribution in [3.05, 3.63) is 59.9 Å². The Morgan fingerprint density at radius 1 is 1.09 bits per heavy atom. The number of hydrogen-bond acceptors (Lipinski definition) is 6. The highest BCUT2D eigenvalue weighted by Crippen LogP contribution is 2.38. The second-order valence-corrected chi connectivity index (χ2v) is 9.39. The maximum Gasteiger partial charge on any atom is 0.142 e. The minimum absolute atomic E-state index is 0.158. The summed E-state index contributed by atoms with van der Waals surface area (Å²) in [6.45, 7) is 8.25. The van der Waals surface area contributed by atoms with E-state index in [1.807, 2.05) is 19.9 Å². The summed E-state index contributed by atoms with van der Waals surface area (Å²) in [6, 6.07) is 12.8. The van der Waals surface area contributed by atoms with E-state index in [2.05, 4.69) is 51.6 Å². The molecule has 0 aliphatic carbocycles. The zero-order valence-electron chi connectivity index (χ0n) is 19.6. The first-order valence-electron chi connectivity index (χ1n) is 12.1. The highest BCUT2D eigenvalue weighted by Gasteiger charge is 2.25. The fourth-order valence-electron chi connectivity index (χ4n) is 5.01. The van der Waals surface area contributed by atoms with Gasteiger partial charge in [0.25, 0.3) is 0 Å². The molecule has 1 aromatic heterocycles. The van der Waals surface area contributed by atoms with Crippen LogP contribution in [-0.2, 0) is 0 Å². The molecule has 5 rings (SSSR count). The number of nitrogen functional groups attached to an aromatic ring is 1. The lowest BCUT2D eigenvalue weighted by molar-refractivity contribution is 0.243. The predicted molar refractivity (Wildman–Crippen MR) is 136 cm³/mol. The Labute approximate surface area is 195 Å². The predicted octanol–water partition coefficient (Wildman–Crippen LogP) is 4.64. The Hall–Kier alpha value is -3.12. The van der Waals surface area contributed by atoms with Crippen molar-refractivity contribution in [2.24, 2.45) is 5.92 Å². The summed E-state index contributed by atoms with van der Waals surface area (Å²) in [5.74, 6) is 3.09. The van der Waals surface area contributed by atoms with Crippen molar-refractivity contribution < 1.29 is 4.74 Å². The van der Waals surface area contributed by atoms with E-state index in [1.54, 1.807) is 6.33 Å². The monoisotopic (exact) mass is 443 g/mol. The first kappa shape index (κ1) is 21.7. The Morgan fingerprint density at radius 3 is 2.70 bits per heavy atom. The fourth-order valence-corrected chi connectivity index (χ4v) is 5.01. The lowest BCUT2D eigenvalue weighted by Gasteiger charge is -2.31. The van der Waals surface area contributed by atoms with Gasteiger partial charge in [0.1, 0.15) is 23.7 Å². The van der Waals surface area contributed by atoms with Gasteiger partial charge in [0.2, 0.25) is 0 Å². The topological polar surface area (TPSA) is 76.3 Å². The first-order chi connectivity index (χ1) is 16.1. The van der Waals surface area contributed by atoms with Gasteiger partial charge in [-0.15, -0.1) is 0 Å². The van der Waals surface area contributed by atoms with Crippen LogP contribution >= 0.6 is 0 Å². The van der Waals surface area contributed by atoms with Crippen molar-refractivity contribution in [1.29, 1.82) is 0 Å². The number of piperidine rings is 1. The van der Waals surface area contributed by atoms with Gasteiger partial charge in [0, 0.05) is 13.1 Å². The van der Waals surface area contributed by atoms with E-state index < -0.39 is 0 Å². The maximum absolute atomic E-state index is 6.47. The van der Waals surface area contributed by atoms with Crippen molar-refractivity contribution >= 4 is 28.0 Å². The Kier molecular flexibility index (Phi) is 6.18. The normalized spacial score (nSPS) is 17.1. The van der Waals surface area contributed by atoms with Gasteiger partial charge in [-0.3, -0.25) is 0 Å². The number of nitrogens with two attached hydrogens (primary N) is 1.